The molecule has 1 heterocycles. The van der Waals surface area contributed by atoms with Crippen molar-refractivity contribution < 1.29 is 33.5 Å². The van der Waals surface area contributed by atoms with Gasteiger partial charge in [-0.15, -0.1) is 0 Å². The first-order valence-corrected chi connectivity index (χ1v) is 18.3. The topological polar surface area (TPSA) is 158 Å². The zero-order chi connectivity index (χ0) is 37.2. The molecule has 0 radical (unpaired) electrons. The van der Waals surface area contributed by atoms with Gasteiger partial charge in [-0.25, -0.2) is 21.0 Å². The second-order valence-electron chi connectivity index (χ2n) is 13.9. The van der Waals surface area contributed by atoms with E-state index in [2.05, 4.69) is 16.2 Å². The van der Waals surface area contributed by atoms with Gasteiger partial charge in [-0.05, 0) is 67.6 Å². The Labute approximate surface area is 307 Å². The van der Waals surface area contributed by atoms with Crippen LogP contribution in [-0.2, 0) is 48.1 Å². The lowest BCUT2D eigenvalue weighted by atomic mass is 9.59. The summed E-state index contributed by atoms with van der Waals surface area (Å²) in [5.41, 5.74) is 6.24. The van der Waals surface area contributed by atoms with Crippen LogP contribution >= 0.6 is 0 Å². The lowest BCUT2D eigenvalue weighted by molar-refractivity contribution is -0.205. The zero-order valence-electron chi connectivity index (χ0n) is 30.4. The van der Waals surface area contributed by atoms with E-state index in [9.17, 15) is 14.4 Å². The number of aryl methyl sites for hydroxylation is 1. The molecule has 0 saturated carbocycles. The van der Waals surface area contributed by atoms with E-state index >= 15 is 4.79 Å². The van der Waals surface area contributed by atoms with Crippen molar-refractivity contribution in [1.29, 1.82) is 0 Å². The van der Waals surface area contributed by atoms with Gasteiger partial charge in [0.1, 0.15) is 12.4 Å². The fraction of sp³-hybridized carbons (Fsp3) is 0.463. The average Bonchev–Trinajstić information content (AvgIpc) is 3.17. The van der Waals surface area contributed by atoms with E-state index in [-0.39, 0.29) is 44.1 Å². The molecule has 280 valence electrons. The Morgan fingerprint density at radius 3 is 2.10 bits per heavy atom. The number of hydrogen-bond donors (Lipinski definition) is 4. The molecule has 1 aliphatic heterocycles. The SMILES string of the molecule is CC(C)C[C@@H](C(=O)NN)[C@H](C(=O)NOC1CCCCO1)C(CCc1ccccc1)(Cc1ccccc1)C(=O)CCCNC(=O)OCc1ccccc1. The molecule has 3 aromatic carbocycles. The summed E-state index contributed by atoms with van der Waals surface area (Å²) in [6.07, 6.45) is 2.71. The Morgan fingerprint density at radius 1 is 0.865 bits per heavy atom. The summed E-state index contributed by atoms with van der Waals surface area (Å²) < 4.78 is 11.1. The summed E-state index contributed by atoms with van der Waals surface area (Å²) >= 11 is 0. The van der Waals surface area contributed by atoms with Crippen molar-refractivity contribution in [1.82, 2.24) is 16.2 Å². The number of hydrogen-bond acceptors (Lipinski definition) is 8. The third-order valence-electron chi connectivity index (χ3n) is 9.60. The first-order valence-electron chi connectivity index (χ1n) is 18.3. The number of Topliss-reactive ketones (excluding diaryl/α,β-unsaturated/α-hetero) is 1. The number of hydrazine groups is 1. The van der Waals surface area contributed by atoms with Crippen LogP contribution < -0.4 is 22.1 Å². The highest BCUT2D eigenvalue weighted by Crippen LogP contribution is 2.45. The molecule has 1 fully saturated rings. The molecule has 0 aliphatic carbocycles. The number of hydroxylamine groups is 1. The van der Waals surface area contributed by atoms with Gasteiger partial charge in [0.05, 0.1) is 11.8 Å². The van der Waals surface area contributed by atoms with Gasteiger partial charge >= 0.3 is 6.09 Å². The third kappa shape index (κ3) is 12.3. The van der Waals surface area contributed by atoms with Crippen LogP contribution in [0.5, 0.6) is 0 Å². The lowest BCUT2D eigenvalue weighted by Gasteiger charge is -2.43. The van der Waals surface area contributed by atoms with Gasteiger partial charge in [0.15, 0.2) is 6.29 Å². The Balaban J connectivity index is 1.69. The summed E-state index contributed by atoms with van der Waals surface area (Å²) in [5.74, 6) is 2.34. The molecular formula is C41H54N4O7. The molecule has 5 N–H and O–H groups in total. The molecule has 0 spiro atoms. The third-order valence-corrected chi connectivity index (χ3v) is 9.60. The molecule has 3 amide bonds. The van der Waals surface area contributed by atoms with Crippen LogP contribution in [0.25, 0.3) is 0 Å². The van der Waals surface area contributed by atoms with E-state index in [1.54, 1.807) is 0 Å². The van der Waals surface area contributed by atoms with Gasteiger partial charge in [-0.2, -0.15) is 0 Å². The monoisotopic (exact) mass is 714 g/mol. The largest absolute Gasteiger partial charge is 0.445 e. The number of alkyl carbamates (subject to hydrolysis) is 1. The van der Waals surface area contributed by atoms with E-state index in [0.717, 1.165) is 29.5 Å². The van der Waals surface area contributed by atoms with Gasteiger partial charge in [0.2, 0.25) is 11.8 Å². The molecule has 1 aliphatic rings. The summed E-state index contributed by atoms with van der Waals surface area (Å²) in [6.45, 7) is 4.74. The highest BCUT2D eigenvalue weighted by molar-refractivity contribution is 5.95. The molecule has 0 bridgehead atoms. The molecule has 1 saturated heterocycles. The number of ketones is 1. The summed E-state index contributed by atoms with van der Waals surface area (Å²) in [6, 6.07) is 28.7. The Kier molecular flexibility index (Phi) is 16.3. The minimum Gasteiger partial charge on any atom is -0.445 e. The number of carbonyl (C=O) groups is 4. The highest BCUT2D eigenvalue weighted by atomic mass is 16.8. The van der Waals surface area contributed by atoms with Crippen molar-refractivity contribution >= 4 is 23.7 Å². The van der Waals surface area contributed by atoms with E-state index < -0.39 is 41.4 Å². The van der Waals surface area contributed by atoms with E-state index in [1.165, 1.54) is 0 Å². The molecular weight excluding hydrogens is 660 g/mol. The fourth-order valence-electron chi connectivity index (χ4n) is 7.02. The zero-order valence-corrected chi connectivity index (χ0v) is 30.4. The molecule has 4 rings (SSSR count). The smallest absolute Gasteiger partial charge is 0.407 e. The molecule has 4 atom stereocenters. The number of nitrogens with one attached hydrogen (secondary N) is 3. The summed E-state index contributed by atoms with van der Waals surface area (Å²) in [4.78, 5) is 61.8. The van der Waals surface area contributed by atoms with Crippen molar-refractivity contribution in [3.8, 4) is 0 Å². The van der Waals surface area contributed by atoms with Crippen LogP contribution in [0, 0.1) is 23.2 Å². The molecule has 11 nitrogen and oxygen atoms in total. The average molecular weight is 715 g/mol. The first kappa shape index (κ1) is 40.2. The minimum absolute atomic E-state index is 0.00931. The van der Waals surface area contributed by atoms with Gasteiger partial charge in [-0.3, -0.25) is 19.8 Å². The van der Waals surface area contributed by atoms with Gasteiger partial charge in [0.25, 0.3) is 0 Å². The first-order chi connectivity index (χ1) is 25.2. The molecule has 3 aromatic rings. The number of benzene rings is 3. The molecule has 11 heteroatoms. The van der Waals surface area contributed by atoms with Gasteiger partial charge < -0.3 is 14.8 Å². The number of carbonyl (C=O) groups excluding carboxylic acids is 4. The van der Waals surface area contributed by atoms with Crippen molar-refractivity contribution in [2.45, 2.75) is 84.5 Å². The van der Waals surface area contributed by atoms with Crippen LogP contribution in [0.1, 0.15) is 75.5 Å². The normalized spacial score (nSPS) is 16.6. The Morgan fingerprint density at radius 2 is 1.50 bits per heavy atom. The quantitative estimate of drug-likeness (QED) is 0.0483. The second-order valence-corrected chi connectivity index (χ2v) is 13.9. The standard InChI is InChI=1S/C41H54N4O7/c1-30(2)27-34(38(47)44-42)37(39(48)45-52-36-22-12-13-26-50-36)41(28-32-17-8-4-9-18-32,24-23-31-15-6-3-7-16-31)35(46)21-14-25-43-40(49)51-29-33-19-10-5-11-20-33/h3-11,15-20,30,34,36-37H,12-14,21-29,42H2,1-2H3,(H,43,49)(H,44,47)(H,45,48)/t34-,36?,37-,41?/m1/s1. The predicted octanol–water partition coefficient (Wildman–Crippen LogP) is 5.97. The van der Waals surface area contributed by atoms with Crippen LogP contribution in [-0.4, -0.2) is 43.1 Å². The second kappa shape index (κ2) is 21.1. The van der Waals surface area contributed by atoms with E-state index in [1.807, 2.05) is 105 Å². The number of rotatable bonds is 20. The van der Waals surface area contributed by atoms with Crippen LogP contribution in [0.2, 0.25) is 0 Å². The van der Waals surface area contributed by atoms with Gasteiger partial charge in [-0.1, -0.05) is 105 Å². The van der Waals surface area contributed by atoms with Crippen LogP contribution in [0.4, 0.5) is 4.79 Å². The number of ether oxygens (including phenoxy) is 2. The Bertz CT molecular complexity index is 1530. The molecule has 0 aromatic heterocycles. The number of amides is 3. The fourth-order valence-corrected chi connectivity index (χ4v) is 7.02. The maximum absolute atomic E-state index is 15.0. The highest BCUT2D eigenvalue weighted by Gasteiger charge is 2.53. The summed E-state index contributed by atoms with van der Waals surface area (Å²) in [5, 5.41) is 2.74. The van der Waals surface area contributed by atoms with Crippen molar-refractivity contribution in [3.05, 3.63) is 108 Å². The van der Waals surface area contributed by atoms with Crippen LogP contribution in [0.15, 0.2) is 91.0 Å². The maximum Gasteiger partial charge on any atom is 0.407 e. The van der Waals surface area contributed by atoms with Crippen molar-refractivity contribution in [2.24, 2.45) is 29.0 Å². The van der Waals surface area contributed by atoms with E-state index in [0.29, 0.717) is 32.3 Å². The maximum atomic E-state index is 15.0. The Hall–Kier alpha value is -4.58. The lowest BCUT2D eigenvalue weighted by Crippen LogP contribution is -2.56. The van der Waals surface area contributed by atoms with Crippen molar-refractivity contribution in [2.75, 3.05) is 13.2 Å². The van der Waals surface area contributed by atoms with Crippen LogP contribution in [0.3, 0.4) is 0 Å². The minimum atomic E-state index is -1.38. The summed E-state index contributed by atoms with van der Waals surface area (Å²) in [7, 11) is 0. The van der Waals surface area contributed by atoms with Crippen molar-refractivity contribution in [3.63, 3.8) is 0 Å². The van der Waals surface area contributed by atoms with Gasteiger partial charge in [0, 0.05) is 31.4 Å². The molecule has 2 unspecified atom stereocenters. The molecule has 52 heavy (non-hydrogen) atoms. The number of nitrogens with two attached hydrogens (primary N) is 1. The predicted molar refractivity (Wildman–Crippen MR) is 198 cm³/mol. The van der Waals surface area contributed by atoms with E-state index in [4.69, 9.17) is 20.2 Å².